The van der Waals surface area contributed by atoms with Crippen molar-refractivity contribution in [1.29, 1.82) is 0 Å². The highest BCUT2D eigenvalue weighted by Crippen LogP contribution is 2.23. The minimum Gasteiger partial charge on any atom is -0.369 e. The van der Waals surface area contributed by atoms with Gasteiger partial charge in [0, 0.05) is 19.8 Å². The molecule has 1 N–H and O–H groups in total. The van der Waals surface area contributed by atoms with Crippen LogP contribution in [0.2, 0.25) is 0 Å². The van der Waals surface area contributed by atoms with Gasteiger partial charge in [-0.1, -0.05) is 36.4 Å². The number of nitrogens with zero attached hydrogens (tertiary/aromatic N) is 5. The average molecular weight is 344 g/mol. The maximum absolute atomic E-state index is 4.69. The Kier molecular flexibility index (Phi) is 4.55. The second-order valence-corrected chi connectivity index (χ2v) is 6.13. The van der Waals surface area contributed by atoms with E-state index in [1.807, 2.05) is 31.3 Å². The normalized spacial score (nSPS) is 11.0. The Labute approximate surface area is 152 Å². The van der Waals surface area contributed by atoms with Crippen LogP contribution in [0.15, 0.2) is 60.9 Å². The van der Waals surface area contributed by atoms with Crippen molar-refractivity contribution in [2.75, 3.05) is 11.9 Å². The van der Waals surface area contributed by atoms with E-state index in [0.29, 0.717) is 5.82 Å². The zero-order valence-electron chi connectivity index (χ0n) is 14.6. The summed E-state index contributed by atoms with van der Waals surface area (Å²) in [5.41, 5.74) is 2.90. The summed E-state index contributed by atoms with van der Waals surface area (Å²) in [6.07, 6.45) is 5.60. The number of hydrogen-bond acceptors (Lipinski definition) is 5. The summed E-state index contributed by atoms with van der Waals surface area (Å²) in [4.78, 5) is 13.7. The molecule has 0 spiro atoms. The number of pyridine rings is 1. The van der Waals surface area contributed by atoms with E-state index >= 15 is 0 Å². The van der Waals surface area contributed by atoms with E-state index in [9.17, 15) is 0 Å². The Hall–Kier alpha value is -3.28. The third kappa shape index (κ3) is 3.39. The second kappa shape index (κ2) is 7.31. The number of nitrogens with one attached hydrogen (secondary N) is 1. The van der Waals surface area contributed by atoms with Gasteiger partial charge >= 0.3 is 0 Å². The van der Waals surface area contributed by atoms with E-state index in [1.165, 1.54) is 5.56 Å². The van der Waals surface area contributed by atoms with Gasteiger partial charge in [0.15, 0.2) is 11.5 Å². The van der Waals surface area contributed by atoms with Gasteiger partial charge in [-0.15, -0.1) is 0 Å². The summed E-state index contributed by atoms with van der Waals surface area (Å²) in [7, 11) is 1.89. The standard InChI is InChI=1S/C20H20N6/c1-26-20-16(14-23-26)18(22-13-7-10-15-8-3-2-4-9-15)24-19(25-20)17-11-5-6-12-21-17/h2-6,8-9,11-12,14H,7,10,13H2,1H3,(H,22,24,25). The Morgan fingerprint density at radius 3 is 2.65 bits per heavy atom. The molecule has 4 aromatic rings. The maximum atomic E-state index is 4.69. The largest absolute Gasteiger partial charge is 0.369 e. The molecule has 0 aliphatic heterocycles. The van der Waals surface area contributed by atoms with Crippen molar-refractivity contribution in [3.63, 3.8) is 0 Å². The first-order chi connectivity index (χ1) is 12.8. The highest BCUT2D eigenvalue weighted by atomic mass is 15.3. The zero-order chi connectivity index (χ0) is 17.8. The zero-order valence-corrected chi connectivity index (χ0v) is 14.6. The first kappa shape index (κ1) is 16.2. The molecule has 0 atom stereocenters. The predicted octanol–water partition coefficient (Wildman–Crippen LogP) is 3.47. The van der Waals surface area contributed by atoms with Crippen molar-refractivity contribution >= 4 is 16.9 Å². The fraction of sp³-hybridized carbons (Fsp3) is 0.200. The maximum Gasteiger partial charge on any atom is 0.182 e. The van der Waals surface area contributed by atoms with Crippen molar-refractivity contribution < 1.29 is 0 Å². The Bertz CT molecular complexity index is 995. The fourth-order valence-electron chi connectivity index (χ4n) is 2.91. The summed E-state index contributed by atoms with van der Waals surface area (Å²) in [5.74, 6) is 1.41. The van der Waals surface area contributed by atoms with Crippen molar-refractivity contribution in [2.24, 2.45) is 7.05 Å². The Balaban J connectivity index is 1.55. The SMILES string of the molecule is Cn1ncc2c(NCCCc3ccccc3)nc(-c3ccccn3)nc21. The van der Waals surface area contributed by atoms with E-state index < -0.39 is 0 Å². The molecule has 0 fully saturated rings. The molecule has 0 aliphatic carbocycles. The number of anilines is 1. The molecule has 0 amide bonds. The van der Waals surface area contributed by atoms with Crippen LogP contribution in [0.1, 0.15) is 12.0 Å². The van der Waals surface area contributed by atoms with E-state index in [0.717, 1.165) is 41.9 Å². The molecular weight excluding hydrogens is 324 g/mol. The first-order valence-electron chi connectivity index (χ1n) is 8.70. The molecule has 0 saturated carbocycles. The van der Waals surface area contributed by atoms with Crippen LogP contribution in [0.3, 0.4) is 0 Å². The molecule has 130 valence electrons. The van der Waals surface area contributed by atoms with Crippen molar-refractivity contribution in [1.82, 2.24) is 24.7 Å². The third-order valence-electron chi connectivity index (χ3n) is 4.26. The van der Waals surface area contributed by atoms with Crippen molar-refractivity contribution in [3.05, 3.63) is 66.5 Å². The van der Waals surface area contributed by atoms with Gasteiger partial charge < -0.3 is 5.32 Å². The molecule has 1 aromatic carbocycles. The Morgan fingerprint density at radius 1 is 1.00 bits per heavy atom. The molecular formula is C20H20N6. The van der Waals surface area contributed by atoms with Gasteiger partial charge in [0.2, 0.25) is 0 Å². The molecule has 6 heteroatoms. The topological polar surface area (TPSA) is 68.5 Å². The molecule has 26 heavy (non-hydrogen) atoms. The lowest BCUT2D eigenvalue weighted by Crippen LogP contribution is -2.07. The van der Waals surface area contributed by atoms with Crippen LogP contribution >= 0.6 is 0 Å². The number of fused-ring (bicyclic) bond motifs is 1. The van der Waals surface area contributed by atoms with Crippen LogP contribution in [-0.4, -0.2) is 31.3 Å². The number of hydrogen-bond donors (Lipinski definition) is 1. The van der Waals surface area contributed by atoms with Gasteiger partial charge in [-0.2, -0.15) is 5.10 Å². The summed E-state index contributed by atoms with van der Waals surface area (Å²) in [5, 5.41) is 8.69. The van der Waals surface area contributed by atoms with Gasteiger partial charge in [0.1, 0.15) is 11.5 Å². The minimum atomic E-state index is 0.604. The molecule has 3 heterocycles. The monoisotopic (exact) mass is 344 g/mol. The first-order valence-corrected chi connectivity index (χ1v) is 8.70. The van der Waals surface area contributed by atoms with Crippen LogP contribution in [0, 0.1) is 0 Å². The van der Waals surface area contributed by atoms with Gasteiger partial charge in [-0.05, 0) is 30.5 Å². The van der Waals surface area contributed by atoms with Crippen LogP contribution < -0.4 is 5.32 Å². The quantitative estimate of drug-likeness (QED) is 0.543. The van der Waals surface area contributed by atoms with Crippen molar-refractivity contribution in [3.8, 4) is 11.5 Å². The molecule has 0 unspecified atom stereocenters. The van der Waals surface area contributed by atoms with E-state index in [1.54, 1.807) is 17.1 Å². The minimum absolute atomic E-state index is 0.604. The summed E-state index contributed by atoms with van der Waals surface area (Å²) < 4.78 is 1.76. The van der Waals surface area contributed by atoms with Crippen LogP contribution in [0.25, 0.3) is 22.6 Å². The summed E-state index contributed by atoms with van der Waals surface area (Å²) >= 11 is 0. The summed E-state index contributed by atoms with van der Waals surface area (Å²) in [6.45, 7) is 0.831. The van der Waals surface area contributed by atoms with Gasteiger partial charge in [0.05, 0.1) is 11.6 Å². The summed E-state index contributed by atoms with van der Waals surface area (Å²) in [6, 6.07) is 16.2. The lowest BCUT2D eigenvalue weighted by molar-refractivity contribution is 0.785. The predicted molar refractivity (Wildman–Crippen MR) is 103 cm³/mol. The molecule has 6 nitrogen and oxygen atoms in total. The Morgan fingerprint density at radius 2 is 1.85 bits per heavy atom. The lowest BCUT2D eigenvalue weighted by atomic mass is 10.1. The number of aromatic nitrogens is 5. The highest BCUT2D eigenvalue weighted by Gasteiger charge is 2.13. The van der Waals surface area contributed by atoms with E-state index in [-0.39, 0.29) is 0 Å². The van der Waals surface area contributed by atoms with Gasteiger partial charge in [0.25, 0.3) is 0 Å². The fourth-order valence-corrected chi connectivity index (χ4v) is 2.91. The smallest absolute Gasteiger partial charge is 0.182 e. The molecule has 4 rings (SSSR count). The van der Waals surface area contributed by atoms with E-state index in [4.69, 9.17) is 4.98 Å². The third-order valence-corrected chi connectivity index (χ3v) is 4.26. The molecule has 0 radical (unpaired) electrons. The number of rotatable bonds is 6. The van der Waals surface area contributed by atoms with Gasteiger partial charge in [-0.3, -0.25) is 9.67 Å². The van der Waals surface area contributed by atoms with Crippen LogP contribution in [-0.2, 0) is 13.5 Å². The van der Waals surface area contributed by atoms with E-state index in [2.05, 4.69) is 44.6 Å². The van der Waals surface area contributed by atoms with Crippen LogP contribution in [0.4, 0.5) is 5.82 Å². The molecule has 0 bridgehead atoms. The molecule has 3 aromatic heterocycles. The van der Waals surface area contributed by atoms with Crippen molar-refractivity contribution in [2.45, 2.75) is 12.8 Å². The number of benzene rings is 1. The average Bonchev–Trinajstić information content (AvgIpc) is 3.08. The number of aryl methyl sites for hydroxylation is 2. The van der Waals surface area contributed by atoms with Gasteiger partial charge in [-0.25, -0.2) is 9.97 Å². The lowest BCUT2D eigenvalue weighted by Gasteiger charge is -2.09. The molecule has 0 saturated heterocycles. The second-order valence-electron chi connectivity index (χ2n) is 6.13. The highest BCUT2D eigenvalue weighted by molar-refractivity contribution is 5.87. The van der Waals surface area contributed by atoms with Crippen LogP contribution in [0.5, 0.6) is 0 Å². The molecule has 0 aliphatic rings.